The van der Waals surface area contributed by atoms with Crippen molar-refractivity contribution in [2.24, 2.45) is 0 Å². The number of nitrogens with one attached hydrogen (secondary N) is 1. The van der Waals surface area contributed by atoms with Crippen molar-refractivity contribution < 1.29 is 4.79 Å². The molecule has 1 aliphatic rings. The van der Waals surface area contributed by atoms with Gasteiger partial charge in [-0.2, -0.15) is 0 Å². The Hall–Kier alpha value is -1.88. The van der Waals surface area contributed by atoms with Crippen LogP contribution in [0.15, 0.2) is 24.5 Å². The summed E-state index contributed by atoms with van der Waals surface area (Å²) in [6, 6.07) is 5.68. The molecule has 0 unspecified atom stereocenters. The molecule has 0 radical (unpaired) electrons. The van der Waals surface area contributed by atoms with Crippen LogP contribution in [0.1, 0.15) is 43.0 Å². The van der Waals surface area contributed by atoms with E-state index in [0.717, 1.165) is 36.2 Å². The molecule has 1 amide bonds. The molecule has 1 aromatic heterocycles. The summed E-state index contributed by atoms with van der Waals surface area (Å²) in [5, 5.41) is 0. The fourth-order valence-electron chi connectivity index (χ4n) is 3.28. The largest absolute Gasteiger partial charge is 0.345 e. The molecule has 0 atom stereocenters. The third kappa shape index (κ3) is 3.91. The summed E-state index contributed by atoms with van der Waals surface area (Å²) in [6.07, 6.45) is 6.93. The van der Waals surface area contributed by atoms with E-state index in [-0.39, 0.29) is 5.91 Å². The standard InChI is InChI=1S/C18H26N4O/c1-2-22(12-11-21-9-5-3-4-6-10-21)18(23)15-7-8-16-17(13-15)20-14-19-16/h7-8,13-14H,2-6,9-12H2,1H3,(H,19,20). The van der Waals surface area contributed by atoms with Crippen LogP contribution in [0.2, 0.25) is 0 Å². The lowest BCUT2D eigenvalue weighted by molar-refractivity contribution is 0.0745. The number of likely N-dealkylation sites (N-methyl/N-ethyl adjacent to an activating group) is 1. The number of aromatic nitrogens is 2. The number of aromatic amines is 1. The summed E-state index contributed by atoms with van der Waals surface area (Å²) in [7, 11) is 0. The first kappa shape index (κ1) is 16.0. The Labute approximate surface area is 137 Å². The van der Waals surface area contributed by atoms with E-state index in [1.165, 1.54) is 38.8 Å². The van der Waals surface area contributed by atoms with Gasteiger partial charge in [0, 0.05) is 25.2 Å². The van der Waals surface area contributed by atoms with Crippen LogP contribution in [-0.2, 0) is 0 Å². The third-order valence-corrected chi connectivity index (χ3v) is 4.72. The molecule has 1 aliphatic heterocycles. The zero-order valence-corrected chi connectivity index (χ0v) is 13.9. The fraction of sp³-hybridized carbons (Fsp3) is 0.556. The van der Waals surface area contributed by atoms with Crippen LogP contribution >= 0.6 is 0 Å². The molecule has 124 valence electrons. The van der Waals surface area contributed by atoms with Gasteiger partial charge in [0.05, 0.1) is 17.4 Å². The normalized spacial score (nSPS) is 16.4. The minimum Gasteiger partial charge on any atom is -0.345 e. The summed E-state index contributed by atoms with van der Waals surface area (Å²) in [5.41, 5.74) is 2.55. The number of imidazole rings is 1. The Balaban J connectivity index is 1.63. The van der Waals surface area contributed by atoms with Gasteiger partial charge in [0.25, 0.3) is 5.91 Å². The molecule has 2 aromatic rings. The number of fused-ring (bicyclic) bond motifs is 1. The average molecular weight is 314 g/mol. The molecule has 2 heterocycles. The highest BCUT2D eigenvalue weighted by Gasteiger charge is 2.17. The highest BCUT2D eigenvalue weighted by atomic mass is 16.2. The second-order valence-corrected chi connectivity index (χ2v) is 6.28. The summed E-state index contributed by atoms with van der Waals surface area (Å²) < 4.78 is 0. The smallest absolute Gasteiger partial charge is 0.253 e. The maximum absolute atomic E-state index is 12.8. The number of carbonyl (C=O) groups is 1. The molecule has 0 saturated carbocycles. The van der Waals surface area contributed by atoms with E-state index in [1.54, 1.807) is 6.33 Å². The number of hydrogen-bond acceptors (Lipinski definition) is 3. The monoisotopic (exact) mass is 314 g/mol. The van der Waals surface area contributed by atoms with Crippen LogP contribution in [0.5, 0.6) is 0 Å². The lowest BCUT2D eigenvalue weighted by Gasteiger charge is -2.26. The Morgan fingerprint density at radius 1 is 1.26 bits per heavy atom. The van der Waals surface area contributed by atoms with Crippen LogP contribution in [0.4, 0.5) is 0 Å². The Morgan fingerprint density at radius 2 is 2.04 bits per heavy atom. The van der Waals surface area contributed by atoms with Crippen LogP contribution in [0.3, 0.4) is 0 Å². The van der Waals surface area contributed by atoms with E-state index in [2.05, 4.69) is 21.8 Å². The van der Waals surface area contributed by atoms with Gasteiger partial charge in [-0.3, -0.25) is 4.79 Å². The van der Waals surface area contributed by atoms with Crippen molar-refractivity contribution in [2.45, 2.75) is 32.6 Å². The maximum atomic E-state index is 12.8. The number of hydrogen-bond donors (Lipinski definition) is 1. The Morgan fingerprint density at radius 3 is 2.78 bits per heavy atom. The van der Waals surface area contributed by atoms with Crippen molar-refractivity contribution in [3.63, 3.8) is 0 Å². The molecular weight excluding hydrogens is 288 g/mol. The van der Waals surface area contributed by atoms with E-state index in [4.69, 9.17) is 0 Å². The molecule has 1 saturated heterocycles. The van der Waals surface area contributed by atoms with Crippen molar-refractivity contribution >= 4 is 16.9 Å². The first-order chi connectivity index (χ1) is 11.3. The zero-order valence-electron chi connectivity index (χ0n) is 13.9. The first-order valence-corrected chi connectivity index (χ1v) is 8.72. The molecule has 23 heavy (non-hydrogen) atoms. The van der Waals surface area contributed by atoms with Crippen molar-refractivity contribution in [1.29, 1.82) is 0 Å². The van der Waals surface area contributed by atoms with Crippen molar-refractivity contribution in [1.82, 2.24) is 19.8 Å². The number of H-pyrrole nitrogens is 1. The summed E-state index contributed by atoms with van der Waals surface area (Å²) in [5.74, 6) is 0.110. The van der Waals surface area contributed by atoms with E-state index >= 15 is 0 Å². The zero-order chi connectivity index (χ0) is 16.1. The summed E-state index contributed by atoms with van der Waals surface area (Å²) in [6.45, 7) is 6.92. The van der Waals surface area contributed by atoms with Crippen molar-refractivity contribution in [3.05, 3.63) is 30.1 Å². The molecule has 0 spiro atoms. The van der Waals surface area contributed by atoms with E-state index in [9.17, 15) is 4.79 Å². The number of carbonyl (C=O) groups excluding carboxylic acids is 1. The fourth-order valence-corrected chi connectivity index (χ4v) is 3.28. The third-order valence-electron chi connectivity index (χ3n) is 4.72. The molecular formula is C18H26N4O. The SMILES string of the molecule is CCN(CCN1CCCCCC1)C(=O)c1ccc2nc[nH]c2c1. The van der Waals surface area contributed by atoms with Gasteiger partial charge in [0.1, 0.15) is 0 Å². The van der Waals surface area contributed by atoms with Gasteiger partial charge < -0.3 is 14.8 Å². The first-order valence-electron chi connectivity index (χ1n) is 8.72. The lowest BCUT2D eigenvalue weighted by atomic mass is 10.1. The second kappa shape index (κ2) is 7.59. The Bertz CT molecular complexity index is 643. The van der Waals surface area contributed by atoms with Crippen molar-refractivity contribution in [2.75, 3.05) is 32.7 Å². The van der Waals surface area contributed by atoms with Crippen molar-refractivity contribution in [3.8, 4) is 0 Å². The predicted molar refractivity (Wildman–Crippen MR) is 92.6 cm³/mol. The van der Waals surface area contributed by atoms with E-state index in [0.29, 0.717) is 0 Å². The van der Waals surface area contributed by atoms with Gasteiger partial charge in [-0.05, 0) is 51.1 Å². The molecule has 0 aliphatic carbocycles. The molecule has 1 fully saturated rings. The highest BCUT2D eigenvalue weighted by Crippen LogP contribution is 2.14. The quantitative estimate of drug-likeness (QED) is 0.923. The molecule has 3 rings (SSSR count). The predicted octanol–water partition coefficient (Wildman–Crippen LogP) is 2.90. The van der Waals surface area contributed by atoms with Gasteiger partial charge in [-0.15, -0.1) is 0 Å². The number of nitrogens with zero attached hydrogens (tertiary/aromatic N) is 3. The number of amides is 1. The van der Waals surface area contributed by atoms with Gasteiger partial charge in [-0.1, -0.05) is 12.8 Å². The van der Waals surface area contributed by atoms with Gasteiger partial charge in [-0.25, -0.2) is 4.98 Å². The van der Waals surface area contributed by atoms with Crippen LogP contribution in [-0.4, -0.2) is 58.4 Å². The molecule has 1 aromatic carbocycles. The minimum atomic E-state index is 0.110. The van der Waals surface area contributed by atoms with Crippen LogP contribution in [0.25, 0.3) is 11.0 Å². The lowest BCUT2D eigenvalue weighted by Crippen LogP contribution is -2.39. The van der Waals surface area contributed by atoms with Gasteiger partial charge >= 0.3 is 0 Å². The summed E-state index contributed by atoms with van der Waals surface area (Å²) >= 11 is 0. The van der Waals surface area contributed by atoms with E-state index < -0.39 is 0 Å². The molecule has 1 N–H and O–H groups in total. The Kier molecular flexibility index (Phi) is 5.28. The molecule has 0 bridgehead atoms. The van der Waals surface area contributed by atoms with Crippen LogP contribution < -0.4 is 0 Å². The second-order valence-electron chi connectivity index (χ2n) is 6.28. The number of rotatable bonds is 5. The topological polar surface area (TPSA) is 52.2 Å². The average Bonchev–Trinajstić information content (AvgIpc) is 2.89. The van der Waals surface area contributed by atoms with Gasteiger partial charge in [0.2, 0.25) is 0 Å². The minimum absolute atomic E-state index is 0.110. The number of likely N-dealkylation sites (tertiary alicyclic amines) is 1. The van der Waals surface area contributed by atoms with Crippen LogP contribution in [0, 0.1) is 0 Å². The number of benzene rings is 1. The highest BCUT2D eigenvalue weighted by molar-refractivity contribution is 5.97. The van der Waals surface area contributed by atoms with E-state index in [1.807, 2.05) is 23.1 Å². The van der Waals surface area contributed by atoms with Gasteiger partial charge in [0.15, 0.2) is 0 Å². The maximum Gasteiger partial charge on any atom is 0.253 e. The molecule has 5 heteroatoms. The molecule has 5 nitrogen and oxygen atoms in total. The summed E-state index contributed by atoms with van der Waals surface area (Å²) in [4.78, 5) is 24.5.